The Morgan fingerprint density at radius 2 is 1.61 bits per heavy atom. The number of phenols is 1. The molecule has 0 amide bonds. The van der Waals surface area contributed by atoms with Gasteiger partial charge in [0, 0.05) is 12.0 Å². The monoisotopic (exact) mass is 248 g/mol. The van der Waals surface area contributed by atoms with Crippen molar-refractivity contribution >= 4 is 6.29 Å². The Hall–Kier alpha value is -1.31. The Kier molecular flexibility index (Phi) is 3.89. The molecule has 0 aliphatic heterocycles. The molecule has 0 aliphatic rings. The van der Waals surface area contributed by atoms with Gasteiger partial charge < -0.3 is 9.90 Å². The summed E-state index contributed by atoms with van der Waals surface area (Å²) in [6.07, 6.45) is 1.10. The Morgan fingerprint density at radius 1 is 1.06 bits per heavy atom. The molecule has 0 atom stereocenters. The average Bonchev–Trinajstić information content (AvgIpc) is 2.17. The van der Waals surface area contributed by atoms with Gasteiger partial charge in [-0.1, -0.05) is 53.7 Å². The van der Waals surface area contributed by atoms with Gasteiger partial charge in [0.2, 0.25) is 0 Å². The largest absolute Gasteiger partial charge is 0.507 e. The van der Waals surface area contributed by atoms with Gasteiger partial charge in [-0.05, 0) is 22.0 Å². The highest BCUT2D eigenvalue weighted by Gasteiger charge is 2.24. The van der Waals surface area contributed by atoms with Gasteiger partial charge in [0.1, 0.15) is 12.0 Å². The smallest absolute Gasteiger partial charge is 0.124 e. The third-order valence-corrected chi connectivity index (χ3v) is 3.17. The zero-order valence-electron chi connectivity index (χ0n) is 12.3. The highest BCUT2D eigenvalue weighted by atomic mass is 16.3. The fraction of sp³-hybridized carbons (Fsp3) is 0.562. The van der Waals surface area contributed by atoms with Gasteiger partial charge in [0.25, 0.3) is 0 Å². The first-order chi connectivity index (χ1) is 8.07. The average molecular weight is 248 g/mol. The van der Waals surface area contributed by atoms with E-state index in [4.69, 9.17) is 0 Å². The van der Waals surface area contributed by atoms with Crippen molar-refractivity contribution in [1.82, 2.24) is 0 Å². The second-order valence-electron chi connectivity index (χ2n) is 6.90. The molecular weight excluding hydrogens is 224 g/mol. The molecule has 0 aliphatic carbocycles. The van der Waals surface area contributed by atoms with Crippen molar-refractivity contribution in [1.29, 1.82) is 0 Å². The first-order valence-corrected chi connectivity index (χ1v) is 6.38. The van der Waals surface area contributed by atoms with E-state index in [0.29, 0.717) is 0 Å². The molecule has 1 rings (SSSR count). The van der Waals surface area contributed by atoms with E-state index < -0.39 is 0 Å². The normalized spacial score (nSPS) is 12.6. The summed E-state index contributed by atoms with van der Waals surface area (Å²) < 4.78 is 0. The molecule has 1 aromatic carbocycles. The van der Waals surface area contributed by atoms with Gasteiger partial charge in [-0.3, -0.25) is 0 Å². The molecule has 0 fully saturated rings. The number of benzene rings is 1. The van der Waals surface area contributed by atoms with Gasteiger partial charge in [-0.25, -0.2) is 0 Å². The van der Waals surface area contributed by atoms with Crippen molar-refractivity contribution in [2.45, 2.75) is 58.8 Å². The third-order valence-electron chi connectivity index (χ3n) is 3.17. The van der Waals surface area contributed by atoms with E-state index in [0.717, 1.165) is 23.0 Å². The van der Waals surface area contributed by atoms with Crippen molar-refractivity contribution in [3.8, 4) is 5.75 Å². The summed E-state index contributed by atoms with van der Waals surface area (Å²) in [4.78, 5) is 10.7. The minimum atomic E-state index is -0.136. The summed E-state index contributed by atoms with van der Waals surface area (Å²) in [5, 5.41) is 10.3. The van der Waals surface area contributed by atoms with Gasteiger partial charge in [-0.15, -0.1) is 0 Å². The lowest BCUT2D eigenvalue weighted by Gasteiger charge is -2.27. The number of carbonyl (C=O) groups excluding carboxylic acids is 1. The number of aldehydes is 1. The molecule has 0 bridgehead atoms. The van der Waals surface area contributed by atoms with Crippen LogP contribution in [0.1, 0.15) is 58.2 Å². The number of carbonyl (C=O) groups is 1. The van der Waals surface area contributed by atoms with Gasteiger partial charge >= 0.3 is 0 Å². The Bertz CT molecular complexity index is 445. The van der Waals surface area contributed by atoms with Crippen molar-refractivity contribution in [2.75, 3.05) is 0 Å². The van der Waals surface area contributed by atoms with Crippen molar-refractivity contribution in [2.24, 2.45) is 0 Å². The number of hydrogen-bond donors (Lipinski definition) is 1. The van der Waals surface area contributed by atoms with Crippen LogP contribution in [0, 0.1) is 0 Å². The van der Waals surface area contributed by atoms with Crippen LogP contribution in [-0.2, 0) is 22.0 Å². The minimum Gasteiger partial charge on any atom is -0.507 e. The molecule has 2 heteroatoms. The maximum absolute atomic E-state index is 10.7. The number of hydrogen-bond acceptors (Lipinski definition) is 2. The summed E-state index contributed by atoms with van der Waals surface area (Å²) in [6.45, 7) is 12.6. The SMILES string of the molecule is CC(C)(C)c1cc(CC=O)c(O)c(C(C)(C)C)c1. The Balaban J connectivity index is 3.52. The van der Waals surface area contributed by atoms with Crippen LogP contribution in [0.5, 0.6) is 5.75 Å². The molecule has 0 unspecified atom stereocenters. The van der Waals surface area contributed by atoms with E-state index in [9.17, 15) is 9.90 Å². The van der Waals surface area contributed by atoms with Crippen LogP contribution >= 0.6 is 0 Å². The molecule has 0 saturated carbocycles. The molecule has 0 saturated heterocycles. The van der Waals surface area contributed by atoms with E-state index >= 15 is 0 Å². The fourth-order valence-corrected chi connectivity index (χ4v) is 1.94. The lowest BCUT2D eigenvalue weighted by atomic mass is 9.78. The first-order valence-electron chi connectivity index (χ1n) is 6.38. The van der Waals surface area contributed by atoms with Crippen LogP contribution < -0.4 is 0 Å². The maximum Gasteiger partial charge on any atom is 0.124 e. The second-order valence-corrected chi connectivity index (χ2v) is 6.90. The quantitative estimate of drug-likeness (QED) is 0.810. The van der Waals surface area contributed by atoms with E-state index in [1.807, 2.05) is 6.07 Å². The van der Waals surface area contributed by atoms with Gasteiger partial charge in [0.05, 0.1) is 0 Å². The zero-order chi connectivity index (χ0) is 14.1. The minimum absolute atomic E-state index is 0.00529. The van der Waals surface area contributed by atoms with E-state index in [2.05, 4.69) is 47.6 Å². The lowest BCUT2D eigenvalue weighted by Crippen LogP contribution is -2.17. The molecule has 2 nitrogen and oxygen atoms in total. The summed E-state index contributed by atoms with van der Waals surface area (Å²) in [5.41, 5.74) is 2.66. The summed E-state index contributed by atoms with van der Waals surface area (Å²) in [6, 6.07) is 4.00. The van der Waals surface area contributed by atoms with Gasteiger partial charge in [0.15, 0.2) is 0 Å². The van der Waals surface area contributed by atoms with Crippen LogP contribution in [0.15, 0.2) is 12.1 Å². The fourth-order valence-electron chi connectivity index (χ4n) is 1.94. The molecule has 100 valence electrons. The molecule has 0 heterocycles. The second kappa shape index (κ2) is 4.75. The number of aromatic hydroxyl groups is 1. The first kappa shape index (κ1) is 14.7. The van der Waals surface area contributed by atoms with Crippen molar-refractivity contribution in [3.63, 3.8) is 0 Å². The lowest BCUT2D eigenvalue weighted by molar-refractivity contribution is -0.107. The van der Waals surface area contributed by atoms with Crippen molar-refractivity contribution < 1.29 is 9.90 Å². The third kappa shape index (κ3) is 3.12. The predicted octanol–water partition coefficient (Wildman–Crippen LogP) is 3.73. The van der Waals surface area contributed by atoms with Crippen LogP contribution in [0.25, 0.3) is 0 Å². The van der Waals surface area contributed by atoms with Crippen LogP contribution in [0.3, 0.4) is 0 Å². The van der Waals surface area contributed by atoms with Crippen LogP contribution in [0.4, 0.5) is 0 Å². The standard InChI is InChI=1S/C16H24O2/c1-15(2,3)12-9-11(7-8-17)14(18)13(10-12)16(4,5)6/h8-10,18H,7H2,1-6H3. The molecule has 18 heavy (non-hydrogen) atoms. The predicted molar refractivity (Wildman–Crippen MR) is 75.3 cm³/mol. The molecule has 0 aromatic heterocycles. The Labute approximate surface area is 110 Å². The van der Waals surface area contributed by atoms with E-state index in [-0.39, 0.29) is 23.0 Å². The summed E-state index contributed by atoms with van der Waals surface area (Å²) in [5.74, 6) is 0.266. The van der Waals surface area contributed by atoms with Gasteiger partial charge in [-0.2, -0.15) is 0 Å². The highest BCUT2D eigenvalue weighted by Crippen LogP contribution is 2.37. The topological polar surface area (TPSA) is 37.3 Å². The molecule has 0 radical (unpaired) electrons. The van der Waals surface area contributed by atoms with Crippen LogP contribution in [0.2, 0.25) is 0 Å². The Morgan fingerprint density at radius 3 is 2.00 bits per heavy atom. The highest BCUT2D eigenvalue weighted by molar-refractivity contribution is 5.60. The maximum atomic E-state index is 10.7. The molecule has 1 N–H and O–H groups in total. The van der Waals surface area contributed by atoms with Crippen molar-refractivity contribution in [3.05, 3.63) is 28.8 Å². The molecule has 0 spiro atoms. The zero-order valence-corrected chi connectivity index (χ0v) is 12.3. The van der Waals surface area contributed by atoms with Crippen LogP contribution in [-0.4, -0.2) is 11.4 Å². The number of phenolic OH excluding ortho intramolecular Hbond substituents is 1. The summed E-state index contributed by atoms with van der Waals surface area (Å²) in [7, 11) is 0. The molecular formula is C16H24O2. The van der Waals surface area contributed by atoms with E-state index in [1.54, 1.807) is 0 Å². The number of rotatable bonds is 2. The summed E-state index contributed by atoms with van der Waals surface area (Å²) >= 11 is 0. The molecule has 1 aromatic rings. The van der Waals surface area contributed by atoms with E-state index in [1.165, 1.54) is 0 Å².